The van der Waals surface area contributed by atoms with E-state index in [9.17, 15) is 0 Å². The van der Waals surface area contributed by atoms with E-state index >= 15 is 0 Å². The number of rotatable bonds is 0. The molecule has 7 heavy (non-hydrogen) atoms. The Morgan fingerprint density at radius 3 is 1.71 bits per heavy atom. The van der Waals surface area contributed by atoms with Crippen molar-refractivity contribution in [3.05, 3.63) is 0 Å². The quantitative estimate of drug-likeness (QED) is 0.367. The van der Waals surface area contributed by atoms with Gasteiger partial charge in [0.15, 0.2) is 17.4 Å². The Labute approximate surface area is 68.6 Å². The Morgan fingerprint density at radius 1 is 1.14 bits per heavy atom. The van der Waals surface area contributed by atoms with Crippen LogP contribution in [0.2, 0.25) is 0 Å². The zero-order valence-corrected chi connectivity index (χ0v) is 3.24. The summed E-state index contributed by atoms with van der Waals surface area (Å²) in [6, 6.07) is 0. The molecule has 38 valence electrons. The first-order chi connectivity index (χ1) is 2.50. The van der Waals surface area contributed by atoms with Crippen LogP contribution in [0.3, 0.4) is 0 Å². The van der Waals surface area contributed by atoms with Gasteiger partial charge in [0.05, 0.1) is 0 Å². The maximum atomic E-state index is 4.94. The molecule has 0 N–H and O–H groups in total. The maximum absolute atomic E-state index is 4.94. The third-order valence-electron chi connectivity index (χ3n) is 0.827. The van der Waals surface area contributed by atoms with E-state index in [-0.39, 0.29) is 37.6 Å². The molecule has 0 unspecified atom stereocenters. The van der Waals surface area contributed by atoms with E-state index in [0.29, 0.717) is 0 Å². The van der Waals surface area contributed by atoms with Crippen molar-refractivity contribution in [1.29, 1.82) is 0 Å². The van der Waals surface area contributed by atoms with Crippen molar-refractivity contribution in [1.82, 2.24) is 0 Å². The third kappa shape index (κ3) is 4.95. The Bertz CT molecular complexity index is 27.6. The molecule has 1 fully saturated rings. The molecule has 1 aliphatic rings. The topological polar surface area (TPSA) is 9.23 Å². The molecular weight excluding hydrogens is 98.0 g/mol. The fraction of sp³-hybridized carbons (Fsp3) is 1.00. The van der Waals surface area contributed by atoms with E-state index in [1.807, 2.05) is 0 Å². The Hall–Kier alpha value is 1.09. The summed E-state index contributed by atoms with van der Waals surface area (Å²) in [5.74, 6) is 0. The average Bonchev–Trinajstić information content (AvgIpc) is 1.76. The Balaban J connectivity index is -0.0000000833. The van der Waals surface area contributed by atoms with Gasteiger partial charge in [-0.2, -0.15) is 0 Å². The van der Waals surface area contributed by atoms with Crippen LogP contribution in [-0.2, 0) is 4.74 Å². The average molecular weight is 111 g/mol. The summed E-state index contributed by atoms with van der Waals surface area (Å²) in [4.78, 5) is 0. The van der Waals surface area contributed by atoms with Gasteiger partial charge in [-0.1, -0.05) is 0 Å². The summed E-state index contributed by atoms with van der Waals surface area (Å²) < 4.78 is 4.94. The van der Waals surface area contributed by atoms with Crippen LogP contribution in [0.25, 0.3) is 0 Å². The molecule has 1 heterocycles. The van der Waals surface area contributed by atoms with Gasteiger partial charge < -0.3 is 4.74 Å². The van der Waals surface area contributed by atoms with Gasteiger partial charge in [0, 0.05) is 13.2 Å². The number of ether oxygens (including phenoxy) is 1. The zero-order valence-electron chi connectivity index (χ0n) is 4.24. The Kier molecular flexibility index (Phi) is 11.1. The summed E-state index contributed by atoms with van der Waals surface area (Å²) in [6.45, 7) is 2.00. The molecule has 1 saturated heterocycles. The van der Waals surface area contributed by atoms with Crippen LogP contribution in [0.4, 0.5) is 0 Å². The molecule has 0 spiro atoms. The third-order valence-corrected chi connectivity index (χ3v) is 0.827. The van der Waals surface area contributed by atoms with Crippen LogP contribution in [0.15, 0.2) is 0 Å². The molecule has 3 heteroatoms. The molecule has 1 rings (SSSR count). The van der Waals surface area contributed by atoms with E-state index in [2.05, 4.69) is 0 Å². The summed E-state index contributed by atoms with van der Waals surface area (Å²) in [7, 11) is 0. The van der Waals surface area contributed by atoms with E-state index in [1.165, 1.54) is 12.8 Å². The van der Waals surface area contributed by atoms with Crippen LogP contribution in [0.5, 0.6) is 0 Å². The van der Waals surface area contributed by atoms with E-state index in [0.717, 1.165) is 13.2 Å². The minimum atomic E-state index is 0. The van der Waals surface area contributed by atoms with Gasteiger partial charge in [0.1, 0.15) is 0 Å². The molecule has 0 atom stereocenters. The van der Waals surface area contributed by atoms with Crippen molar-refractivity contribution in [2.45, 2.75) is 12.8 Å². The molecule has 0 aromatic rings. The molecular formula is C4H13AlLiO+. The van der Waals surface area contributed by atoms with Gasteiger partial charge in [-0.15, -0.1) is 0 Å². The van der Waals surface area contributed by atoms with Gasteiger partial charge >= 0.3 is 20.3 Å². The van der Waals surface area contributed by atoms with Crippen molar-refractivity contribution in [3.8, 4) is 0 Å². The second-order valence-electron chi connectivity index (χ2n) is 1.32. The molecule has 0 aromatic carbocycles. The normalized spacial score (nSPS) is 17.1. The fourth-order valence-corrected chi connectivity index (χ4v) is 0.510. The predicted molar refractivity (Wildman–Crippen MR) is 38.3 cm³/mol. The molecule has 1 nitrogen and oxygen atoms in total. The molecule has 0 amide bonds. The summed E-state index contributed by atoms with van der Waals surface area (Å²) in [6.07, 6.45) is 2.56. The first-order valence-corrected chi connectivity index (χ1v) is 2.08. The number of hydrogen-bond acceptors (Lipinski definition) is 1. The van der Waals surface area contributed by atoms with Crippen molar-refractivity contribution in [2.24, 2.45) is 0 Å². The molecule has 0 aromatic heterocycles. The van der Waals surface area contributed by atoms with Gasteiger partial charge in [-0.25, -0.2) is 0 Å². The molecule has 0 saturated carbocycles. The van der Waals surface area contributed by atoms with Gasteiger partial charge in [0.25, 0.3) is 0 Å². The second-order valence-corrected chi connectivity index (χ2v) is 1.32. The molecule has 0 aliphatic carbocycles. The van der Waals surface area contributed by atoms with E-state index in [4.69, 9.17) is 4.74 Å². The summed E-state index contributed by atoms with van der Waals surface area (Å²) >= 11 is 0. The number of hydrogen-bond donors (Lipinski definition) is 0. The van der Waals surface area contributed by atoms with Crippen molar-refractivity contribution >= 4 is 36.2 Å². The zero-order chi connectivity index (χ0) is 3.54. The molecule has 0 radical (unpaired) electrons. The SMILES string of the molecule is C1CCOC1.[AlH3].[H+].[LiH]. The van der Waals surface area contributed by atoms with Crippen molar-refractivity contribution < 1.29 is 6.16 Å². The van der Waals surface area contributed by atoms with Crippen LogP contribution in [0.1, 0.15) is 14.3 Å². The van der Waals surface area contributed by atoms with Gasteiger partial charge in [-0.3, -0.25) is 0 Å². The minimum absolute atomic E-state index is 0. The van der Waals surface area contributed by atoms with E-state index < -0.39 is 0 Å². The van der Waals surface area contributed by atoms with Crippen LogP contribution < -0.4 is 0 Å². The first-order valence-electron chi connectivity index (χ1n) is 2.08. The van der Waals surface area contributed by atoms with Gasteiger partial charge in [0.2, 0.25) is 0 Å². The van der Waals surface area contributed by atoms with E-state index in [1.54, 1.807) is 0 Å². The summed E-state index contributed by atoms with van der Waals surface area (Å²) in [5.41, 5.74) is 0. The fourth-order valence-electron chi connectivity index (χ4n) is 0.510. The Morgan fingerprint density at radius 2 is 1.57 bits per heavy atom. The summed E-state index contributed by atoms with van der Waals surface area (Å²) in [5, 5.41) is 0. The van der Waals surface area contributed by atoms with Crippen LogP contribution >= 0.6 is 0 Å². The molecule has 0 bridgehead atoms. The first kappa shape index (κ1) is 11.0. The van der Waals surface area contributed by atoms with Crippen molar-refractivity contribution in [3.63, 3.8) is 0 Å². The van der Waals surface area contributed by atoms with Gasteiger partial charge in [-0.05, 0) is 12.8 Å². The van der Waals surface area contributed by atoms with Crippen LogP contribution in [0, 0.1) is 0 Å². The predicted octanol–water partition coefficient (Wildman–Crippen LogP) is -0.923. The van der Waals surface area contributed by atoms with Crippen LogP contribution in [-0.4, -0.2) is 49.4 Å². The standard InChI is InChI=1S/C4H8O.Al.Li.4H/c1-2-4-5-3-1;;;;;;/h1-4H2;;;;;;/p+1. The monoisotopic (exact) mass is 111 g/mol. The van der Waals surface area contributed by atoms with Crippen molar-refractivity contribution in [2.75, 3.05) is 13.2 Å². The second kappa shape index (κ2) is 7.09. The molecule has 1 aliphatic heterocycles.